The van der Waals surface area contributed by atoms with E-state index < -0.39 is 5.60 Å². The molecule has 0 aromatic heterocycles. The number of benzene rings is 1. The summed E-state index contributed by atoms with van der Waals surface area (Å²) in [6, 6.07) is 8.29. The van der Waals surface area contributed by atoms with E-state index >= 15 is 0 Å². The number of nitrogens with zero attached hydrogens (tertiary/aromatic N) is 1. The smallest absolute Gasteiger partial charge is 0.167 e. The third-order valence-corrected chi connectivity index (χ3v) is 3.50. The van der Waals surface area contributed by atoms with Gasteiger partial charge in [-0.1, -0.05) is 29.8 Å². The highest BCUT2D eigenvalue weighted by molar-refractivity contribution is 5.88. The molecule has 0 aliphatic carbocycles. The number of aryl methyl sites for hydroxylation is 1. The van der Waals surface area contributed by atoms with Crippen LogP contribution in [0.5, 0.6) is 0 Å². The van der Waals surface area contributed by atoms with Crippen LogP contribution in [0.25, 0.3) is 0 Å². The van der Waals surface area contributed by atoms with Crippen molar-refractivity contribution in [2.45, 2.75) is 31.9 Å². The van der Waals surface area contributed by atoms with Crippen molar-refractivity contribution in [2.24, 2.45) is 0 Å². The Balaban J connectivity index is 2.26. The van der Waals surface area contributed by atoms with E-state index in [1.54, 1.807) is 6.92 Å². The van der Waals surface area contributed by atoms with Crippen molar-refractivity contribution in [2.75, 3.05) is 13.6 Å². The number of Topliss-reactive ketones (excluding diaryl/α,β-unsaturated/α-hetero) is 1. The molecule has 1 aliphatic heterocycles. The molecule has 3 nitrogen and oxygen atoms in total. The number of hydrogen-bond donors (Lipinski definition) is 1. The molecule has 92 valence electrons. The van der Waals surface area contributed by atoms with Gasteiger partial charge in [0, 0.05) is 19.0 Å². The molecule has 1 heterocycles. The van der Waals surface area contributed by atoms with Crippen molar-refractivity contribution in [3.8, 4) is 0 Å². The standard InChI is InChI=1S/C14H19NO2/c1-10-5-4-6-11(7-10)12-8-13(16)14(2,17)9-15(12)3/h4-7,12,17H,8-9H2,1-3H3/t12-,14+/m0/s1. The number of carbonyl (C=O) groups is 1. The van der Waals surface area contributed by atoms with E-state index in [0.29, 0.717) is 13.0 Å². The quantitative estimate of drug-likeness (QED) is 0.802. The number of aliphatic hydroxyl groups is 1. The maximum absolute atomic E-state index is 11.9. The first kappa shape index (κ1) is 12.3. The molecule has 1 saturated heterocycles. The molecule has 1 fully saturated rings. The second-order valence-electron chi connectivity index (χ2n) is 5.25. The summed E-state index contributed by atoms with van der Waals surface area (Å²) in [6.45, 7) is 4.03. The van der Waals surface area contributed by atoms with Crippen LogP contribution in [-0.2, 0) is 4.79 Å². The Morgan fingerprint density at radius 2 is 2.18 bits per heavy atom. The van der Waals surface area contributed by atoms with Crippen molar-refractivity contribution in [1.29, 1.82) is 0 Å². The van der Waals surface area contributed by atoms with Crippen LogP contribution in [0.1, 0.15) is 30.5 Å². The molecule has 0 radical (unpaired) electrons. The van der Waals surface area contributed by atoms with Crippen molar-refractivity contribution >= 4 is 5.78 Å². The largest absolute Gasteiger partial charge is 0.381 e. The molecular formula is C14H19NO2. The molecule has 2 rings (SSSR count). The van der Waals surface area contributed by atoms with Crippen LogP contribution >= 0.6 is 0 Å². The highest BCUT2D eigenvalue weighted by Gasteiger charge is 2.40. The van der Waals surface area contributed by atoms with Crippen LogP contribution in [0, 0.1) is 6.92 Å². The number of piperidine rings is 1. The average molecular weight is 233 g/mol. The Hall–Kier alpha value is -1.19. The van der Waals surface area contributed by atoms with Crippen molar-refractivity contribution in [3.05, 3.63) is 35.4 Å². The summed E-state index contributed by atoms with van der Waals surface area (Å²) in [5, 5.41) is 9.94. The van der Waals surface area contributed by atoms with E-state index in [2.05, 4.69) is 11.0 Å². The minimum absolute atomic E-state index is 0.0675. The lowest BCUT2D eigenvalue weighted by Crippen LogP contribution is -2.52. The van der Waals surface area contributed by atoms with Gasteiger partial charge in [-0.25, -0.2) is 0 Å². The maximum Gasteiger partial charge on any atom is 0.167 e. The molecule has 1 aromatic carbocycles. The first-order valence-corrected chi connectivity index (χ1v) is 5.92. The second-order valence-corrected chi connectivity index (χ2v) is 5.25. The number of hydrogen-bond acceptors (Lipinski definition) is 3. The molecule has 1 aromatic rings. The molecule has 1 aliphatic rings. The number of likely N-dealkylation sites (tertiary alicyclic amines) is 1. The van der Waals surface area contributed by atoms with E-state index in [4.69, 9.17) is 0 Å². The van der Waals surface area contributed by atoms with Crippen LogP contribution in [0.15, 0.2) is 24.3 Å². The lowest BCUT2D eigenvalue weighted by molar-refractivity contribution is -0.144. The molecule has 2 atom stereocenters. The van der Waals surface area contributed by atoms with Crippen molar-refractivity contribution < 1.29 is 9.90 Å². The van der Waals surface area contributed by atoms with Gasteiger partial charge >= 0.3 is 0 Å². The van der Waals surface area contributed by atoms with Gasteiger partial charge in [0.15, 0.2) is 5.78 Å². The molecule has 0 spiro atoms. The summed E-state index contributed by atoms with van der Waals surface area (Å²) in [7, 11) is 1.95. The fourth-order valence-corrected chi connectivity index (χ4v) is 2.49. The SMILES string of the molecule is Cc1cccc([C@@H]2CC(=O)[C@](C)(O)CN2C)c1. The predicted molar refractivity (Wildman–Crippen MR) is 66.8 cm³/mol. The van der Waals surface area contributed by atoms with Gasteiger partial charge in [0.05, 0.1) is 0 Å². The van der Waals surface area contributed by atoms with Crippen molar-refractivity contribution in [1.82, 2.24) is 4.90 Å². The fourth-order valence-electron chi connectivity index (χ4n) is 2.49. The Kier molecular flexibility index (Phi) is 3.06. The average Bonchev–Trinajstić information content (AvgIpc) is 2.23. The molecule has 1 N–H and O–H groups in total. The van der Waals surface area contributed by atoms with Gasteiger partial charge in [0.1, 0.15) is 5.60 Å². The Morgan fingerprint density at radius 1 is 1.47 bits per heavy atom. The van der Waals surface area contributed by atoms with Gasteiger partial charge in [-0.15, -0.1) is 0 Å². The summed E-state index contributed by atoms with van der Waals surface area (Å²) in [5.74, 6) is -0.0675. The molecule has 0 saturated carbocycles. The summed E-state index contributed by atoms with van der Waals surface area (Å²) in [5.41, 5.74) is 1.15. The van der Waals surface area contributed by atoms with Gasteiger partial charge < -0.3 is 5.11 Å². The van der Waals surface area contributed by atoms with E-state index in [-0.39, 0.29) is 11.8 Å². The van der Waals surface area contributed by atoms with E-state index in [0.717, 1.165) is 5.56 Å². The summed E-state index contributed by atoms with van der Waals surface area (Å²) < 4.78 is 0. The lowest BCUT2D eigenvalue weighted by atomic mass is 9.86. The first-order valence-electron chi connectivity index (χ1n) is 5.92. The van der Waals surface area contributed by atoms with Gasteiger partial charge in [-0.05, 0) is 26.5 Å². The minimum atomic E-state index is -1.20. The van der Waals surface area contributed by atoms with Gasteiger partial charge in [0.25, 0.3) is 0 Å². The maximum atomic E-state index is 11.9. The first-order chi connectivity index (χ1) is 7.90. The minimum Gasteiger partial charge on any atom is -0.381 e. The monoisotopic (exact) mass is 233 g/mol. The van der Waals surface area contributed by atoms with Crippen LogP contribution in [0.2, 0.25) is 0 Å². The molecule has 3 heteroatoms. The molecular weight excluding hydrogens is 214 g/mol. The molecule has 0 amide bonds. The molecule has 0 bridgehead atoms. The van der Waals surface area contributed by atoms with Crippen molar-refractivity contribution in [3.63, 3.8) is 0 Å². The van der Waals surface area contributed by atoms with Crippen LogP contribution < -0.4 is 0 Å². The highest BCUT2D eigenvalue weighted by atomic mass is 16.3. The Bertz CT molecular complexity index is 440. The third kappa shape index (κ3) is 2.40. The summed E-state index contributed by atoms with van der Waals surface area (Å²) in [4.78, 5) is 13.9. The van der Waals surface area contributed by atoms with Crippen LogP contribution in [-0.4, -0.2) is 35.0 Å². The van der Waals surface area contributed by atoms with Crippen LogP contribution in [0.4, 0.5) is 0 Å². The predicted octanol–water partition coefficient (Wildman–Crippen LogP) is 1.69. The highest BCUT2D eigenvalue weighted by Crippen LogP contribution is 2.31. The Morgan fingerprint density at radius 3 is 2.82 bits per heavy atom. The van der Waals surface area contributed by atoms with E-state index in [1.807, 2.05) is 32.2 Å². The molecule has 17 heavy (non-hydrogen) atoms. The normalized spacial score (nSPS) is 30.6. The van der Waals surface area contributed by atoms with Gasteiger partial charge in [0.2, 0.25) is 0 Å². The number of carbonyl (C=O) groups excluding carboxylic acids is 1. The molecule has 0 unspecified atom stereocenters. The Labute approximate surface area is 102 Å². The lowest BCUT2D eigenvalue weighted by Gasteiger charge is -2.39. The fraction of sp³-hybridized carbons (Fsp3) is 0.500. The van der Waals surface area contributed by atoms with Crippen LogP contribution in [0.3, 0.4) is 0 Å². The van der Waals surface area contributed by atoms with E-state index in [1.165, 1.54) is 5.56 Å². The number of rotatable bonds is 1. The second kappa shape index (κ2) is 4.24. The zero-order valence-corrected chi connectivity index (χ0v) is 10.6. The summed E-state index contributed by atoms with van der Waals surface area (Å²) >= 11 is 0. The third-order valence-electron chi connectivity index (χ3n) is 3.50. The van der Waals surface area contributed by atoms with Gasteiger partial charge in [-0.3, -0.25) is 9.69 Å². The zero-order chi connectivity index (χ0) is 12.6. The van der Waals surface area contributed by atoms with E-state index in [9.17, 15) is 9.90 Å². The number of β-amino-alcohol motifs (C(OH)–C–C–N with tert-alkyl or cyclic N) is 1. The zero-order valence-electron chi connectivity index (χ0n) is 10.6. The van der Waals surface area contributed by atoms with Gasteiger partial charge in [-0.2, -0.15) is 0 Å². The topological polar surface area (TPSA) is 40.5 Å². The summed E-state index contributed by atoms with van der Waals surface area (Å²) in [6.07, 6.45) is 0.382. The number of ketones is 1. The number of likely N-dealkylation sites (N-methyl/N-ethyl adjacent to an activating group) is 1.